The van der Waals surface area contributed by atoms with E-state index in [0.29, 0.717) is 22.3 Å². The van der Waals surface area contributed by atoms with Gasteiger partial charge >= 0.3 is 0 Å². The number of hydrogen-bond acceptors (Lipinski definition) is 4. The molecule has 1 fully saturated rings. The van der Waals surface area contributed by atoms with Crippen LogP contribution in [0.4, 0.5) is 0 Å². The fraction of sp³-hybridized carbons (Fsp3) is 0.333. The molecule has 1 atom stereocenters. The van der Waals surface area contributed by atoms with Crippen molar-refractivity contribution >= 4 is 23.2 Å². The minimum absolute atomic E-state index is 0.0777. The second-order valence-corrected chi connectivity index (χ2v) is 9.40. The van der Waals surface area contributed by atoms with Gasteiger partial charge in [0.25, 0.3) is 0 Å². The molecular formula is C27H29Cl2NO3. The highest BCUT2D eigenvalue weighted by Gasteiger charge is 2.41. The Morgan fingerprint density at radius 3 is 1.88 bits per heavy atom. The number of nitrogens with zero attached hydrogens (tertiary/aromatic N) is 1. The van der Waals surface area contributed by atoms with Crippen molar-refractivity contribution in [3.05, 3.63) is 100 Å². The van der Waals surface area contributed by atoms with Gasteiger partial charge in [0.1, 0.15) is 18.3 Å². The second kappa shape index (κ2) is 10.9. The molecule has 3 aromatic rings. The van der Waals surface area contributed by atoms with Gasteiger partial charge in [-0.15, -0.1) is 0 Å². The molecule has 2 N–H and O–H groups in total. The van der Waals surface area contributed by atoms with Crippen molar-refractivity contribution < 1.29 is 14.9 Å². The molecule has 0 radical (unpaired) electrons. The highest BCUT2D eigenvalue weighted by atomic mass is 35.5. The normalized spacial score (nSPS) is 16.5. The molecule has 0 unspecified atom stereocenters. The molecule has 3 aromatic carbocycles. The largest absolute Gasteiger partial charge is 0.488 e. The molecule has 1 aliphatic heterocycles. The summed E-state index contributed by atoms with van der Waals surface area (Å²) >= 11 is 12.3. The van der Waals surface area contributed by atoms with Gasteiger partial charge in [-0.2, -0.15) is 0 Å². The van der Waals surface area contributed by atoms with Gasteiger partial charge in [-0.1, -0.05) is 89.9 Å². The fourth-order valence-corrected chi connectivity index (χ4v) is 5.21. The van der Waals surface area contributed by atoms with Crippen LogP contribution >= 0.6 is 23.2 Å². The van der Waals surface area contributed by atoms with E-state index in [1.165, 1.54) is 0 Å². The number of ether oxygens (including phenoxy) is 1. The number of rotatable bonds is 8. The van der Waals surface area contributed by atoms with Gasteiger partial charge in [0.15, 0.2) is 5.75 Å². The summed E-state index contributed by atoms with van der Waals surface area (Å²) in [5.41, 5.74) is 0.788. The van der Waals surface area contributed by atoms with Crippen LogP contribution in [0.3, 0.4) is 0 Å². The van der Waals surface area contributed by atoms with E-state index in [1.54, 1.807) is 18.2 Å². The Morgan fingerprint density at radius 1 is 0.848 bits per heavy atom. The number of benzene rings is 3. The molecule has 0 bridgehead atoms. The molecular weight excluding hydrogens is 457 g/mol. The van der Waals surface area contributed by atoms with E-state index in [9.17, 15) is 10.2 Å². The Hall–Kier alpha value is -2.08. The first-order valence-electron chi connectivity index (χ1n) is 11.3. The minimum atomic E-state index is -1.04. The van der Waals surface area contributed by atoms with Gasteiger partial charge in [-0.25, -0.2) is 0 Å². The van der Waals surface area contributed by atoms with Crippen molar-refractivity contribution in [1.29, 1.82) is 0 Å². The highest BCUT2D eigenvalue weighted by molar-refractivity contribution is 6.37. The number of para-hydroxylation sites is 1. The maximum absolute atomic E-state index is 12.0. The Labute approximate surface area is 205 Å². The molecule has 0 aliphatic carbocycles. The zero-order chi connectivity index (χ0) is 23.3. The maximum atomic E-state index is 12.0. The van der Waals surface area contributed by atoms with Crippen LogP contribution in [0.15, 0.2) is 78.9 Å². The summed E-state index contributed by atoms with van der Waals surface area (Å²) in [4.78, 5) is 2.22. The predicted molar refractivity (Wildman–Crippen MR) is 133 cm³/mol. The average Bonchev–Trinajstić information content (AvgIpc) is 2.85. The van der Waals surface area contributed by atoms with Crippen LogP contribution < -0.4 is 4.74 Å². The summed E-state index contributed by atoms with van der Waals surface area (Å²) < 4.78 is 5.68. The number of aliphatic hydroxyl groups excluding tert-OH is 1. The third-order valence-electron chi connectivity index (χ3n) is 6.41. The molecule has 0 spiro atoms. The molecule has 4 rings (SSSR count). The first-order chi connectivity index (χ1) is 16.0. The molecule has 1 heterocycles. The lowest BCUT2D eigenvalue weighted by Crippen LogP contribution is -2.46. The van der Waals surface area contributed by atoms with E-state index in [0.717, 1.165) is 37.1 Å². The predicted octanol–water partition coefficient (Wildman–Crippen LogP) is 5.38. The molecule has 1 saturated heterocycles. The number of β-amino-alcohol motifs (C(OH)–C–C–N with tert-alkyl or cyclic N) is 1. The third-order valence-corrected chi connectivity index (χ3v) is 7.01. The van der Waals surface area contributed by atoms with Crippen LogP contribution in [0, 0.1) is 5.92 Å². The zero-order valence-corrected chi connectivity index (χ0v) is 19.9. The summed E-state index contributed by atoms with van der Waals surface area (Å²) in [5, 5.41) is 23.4. The summed E-state index contributed by atoms with van der Waals surface area (Å²) in [6.07, 6.45) is 0.977. The summed E-state index contributed by atoms with van der Waals surface area (Å²) in [5.74, 6) is 0.475. The lowest BCUT2D eigenvalue weighted by molar-refractivity contribution is -0.0222. The SMILES string of the molecule is O[C@@H](COc1c(Cl)cccc1Cl)CN1CCC(C(O)(c2ccccc2)c2ccccc2)CC1. The monoisotopic (exact) mass is 485 g/mol. The van der Waals surface area contributed by atoms with Crippen molar-refractivity contribution in [2.24, 2.45) is 5.92 Å². The summed E-state index contributed by atoms with van der Waals surface area (Å²) in [7, 11) is 0. The van der Waals surface area contributed by atoms with Crippen LogP contribution in [0.2, 0.25) is 10.0 Å². The number of piperidine rings is 1. The Balaban J connectivity index is 1.38. The lowest BCUT2D eigenvalue weighted by Gasteiger charge is -2.42. The zero-order valence-electron chi connectivity index (χ0n) is 18.4. The fourth-order valence-electron chi connectivity index (χ4n) is 4.71. The number of aliphatic hydroxyl groups is 2. The Kier molecular flexibility index (Phi) is 7.94. The van der Waals surface area contributed by atoms with E-state index in [-0.39, 0.29) is 12.5 Å². The van der Waals surface area contributed by atoms with E-state index in [2.05, 4.69) is 4.90 Å². The van der Waals surface area contributed by atoms with Crippen LogP contribution in [0.1, 0.15) is 24.0 Å². The third kappa shape index (κ3) is 5.53. The molecule has 6 heteroatoms. The standard InChI is InChI=1S/C27H29Cl2NO3/c28-24-12-7-13-25(29)26(24)33-19-23(31)18-30-16-14-22(15-17-30)27(32,20-8-3-1-4-9-20)21-10-5-2-6-11-21/h1-13,22-23,31-32H,14-19H2/t23-/m1/s1. The van der Waals surface area contributed by atoms with Crippen LogP contribution in [-0.4, -0.2) is 47.5 Å². The van der Waals surface area contributed by atoms with Crippen LogP contribution in [0.5, 0.6) is 5.75 Å². The smallest absolute Gasteiger partial charge is 0.156 e. The Morgan fingerprint density at radius 2 is 1.36 bits per heavy atom. The summed E-state index contributed by atoms with van der Waals surface area (Å²) in [6.45, 7) is 2.18. The maximum Gasteiger partial charge on any atom is 0.156 e. The summed E-state index contributed by atoms with van der Waals surface area (Å²) in [6, 6.07) is 25.0. The van der Waals surface area contributed by atoms with E-state index < -0.39 is 11.7 Å². The molecule has 0 aromatic heterocycles. The topological polar surface area (TPSA) is 52.9 Å². The van der Waals surface area contributed by atoms with Gasteiger partial charge in [0.05, 0.1) is 10.0 Å². The van der Waals surface area contributed by atoms with Gasteiger partial charge < -0.3 is 19.8 Å². The van der Waals surface area contributed by atoms with Crippen molar-refractivity contribution in [2.75, 3.05) is 26.2 Å². The quantitative estimate of drug-likeness (QED) is 0.449. The van der Waals surface area contributed by atoms with Crippen LogP contribution in [-0.2, 0) is 5.60 Å². The first kappa shape index (κ1) is 24.1. The van der Waals surface area contributed by atoms with Gasteiger partial charge in [0, 0.05) is 6.54 Å². The molecule has 0 saturated carbocycles. The first-order valence-corrected chi connectivity index (χ1v) is 12.0. The van der Waals surface area contributed by atoms with Crippen molar-refractivity contribution in [3.8, 4) is 5.75 Å². The van der Waals surface area contributed by atoms with Gasteiger partial charge in [0.2, 0.25) is 0 Å². The molecule has 4 nitrogen and oxygen atoms in total. The minimum Gasteiger partial charge on any atom is -0.488 e. The van der Waals surface area contributed by atoms with E-state index in [1.807, 2.05) is 60.7 Å². The van der Waals surface area contributed by atoms with Crippen molar-refractivity contribution in [2.45, 2.75) is 24.5 Å². The number of hydrogen-bond donors (Lipinski definition) is 2. The van der Waals surface area contributed by atoms with Gasteiger partial charge in [-0.05, 0) is 55.1 Å². The highest BCUT2D eigenvalue weighted by Crippen LogP contribution is 2.42. The second-order valence-electron chi connectivity index (χ2n) is 8.59. The lowest BCUT2D eigenvalue weighted by atomic mass is 9.72. The molecule has 33 heavy (non-hydrogen) atoms. The molecule has 174 valence electrons. The van der Waals surface area contributed by atoms with Crippen molar-refractivity contribution in [3.63, 3.8) is 0 Å². The van der Waals surface area contributed by atoms with Crippen LogP contribution in [0.25, 0.3) is 0 Å². The number of halogens is 2. The van der Waals surface area contributed by atoms with E-state index in [4.69, 9.17) is 27.9 Å². The average molecular weight is 486 g/mol. The Bertz CT molecular complexity index is 964. The molecule has 1 aliphatic rings. The number of likely N-dealkylation sites (tertiary alicyclic amines) is 1. The van der Waals surface area contributed by atoms with Crippen molar-refractivity contribution in [1.82, 2.24) is 4.90 Å². The van der Waals surface area contributed by atoms with Gasteiger partial charge in [-0.3, -0.25) is 0 Å². The molecule has 0 amide bonds. The van der Waals surface area contributed by atoms with E-state index >= 15 is 0 Å².